The van der Waals surface area contributed by atoms with Gasteiger partial charge < -0.3 is 10.6 Å². The normalized spacial score (nSPS) is 19.1. The van der Waals surface area contributed by atoms with Crippen molar-refractivity contribution in [2.45, 2.75) is 39.5 Å². The highest BCUT2D eigenvalue weighted by Crippen LogP contribution is 2.32. The molecule has 4 nitrogen and oxygen atoms in total. The van der Waals surface area contributed by atoms with Crippen molar-refractivity contribution in [2.24, 2.45) is 11.8 Å². The first-order valence-electron chi connectivity index (χ1n) is 9.48. The Hall–Kier alpha value is -2.76. The molecule has 148 valence electrons. The summed E-state index contributed by atoms with van der Waals surface area (Å²) in [7, 11) is 0. The molecule has 2 aromatic rings. The number of carbonyl (C=O) groups is 2. The number of hydrogen-bond donors (Lipinski definition) is 2. The zero-order chi connectivity index (χ0) is 20.3. The first-order valence-corrected chi connectivity index (χ1v) is 9.48. The van der Waals surface area contributed by atoms with Crippen molar-refractivity contribution in [3.63, 3.8) is 0 Å². The predicted octanol–water partition coefficient (Wildman–Crippen LogP) is 4.97. The van der Waals surface area contributed by atoms with Gasteiger partial charge in [0.2, 0.25) is 11.8 Å². The highest BCUT2D eigenvalue weighted by atomic mass is 19.1. The molecule has 0 saturated heterocycles. The number of halogens is 2. The Morgan fingerprint density at radius 3 is 1.61 bits per heavy atom. The maximum Gasteiger partial charge on any atom is 0.227 e. The van der Waals surface area contributed by atoms with Crippen LogP contribution in [0.15, 0.2) is 36.4 Å². The molecule has 6 heteroatoms. The average Bonchev–Trinajstić information content (AvgIpc) is 2.67. The number of benzene rings is 2. The average molecular weight is 386 g/mol. The Morgan fingerprint density at radius 1 is 0.750 bits per heavy atom. The summed E-state index contributed by atoms with van der Waals surface area (Å²) in [5.74, 6) is -2.57. The van der Waals surface area contributed by atoms with E-state index in [2.05, 4.69) is 10.6 Å². The van der Waals surface area contributed by atoms with Crippen molar-refractivity contribution in [1.82, 2.24) is 0 Å². The maximum absolute atomic E-state index is 13.7. The number of carbonyl (C=O) groups excluding carboxylic acids is 2. The van der Waals surface area contributed by atoms with Crippen LogP contribution in [0.5, 0.6) is 0 Å². The lowest BCUT2D eigenvalue weighted by atomic mass is 9.81. The lowest BCUT2D eigenvalue weighted by Crippen LogP contribution is -2.32. The molecule has 0 aromatic heterocycles. The molecule has 1 fully saturated rings. The third-order valence-electron chi connectivity index (χ3n) is 5.41. The van der Waals surface area contributed by atoms with E-state index in [0.717, 1.165) is 28.9 Å². The SMILES string of the molecule is Cc1cccc(C)c1NC(=O)C1CCC(C(=O)Nc2c(F)cccc2F)CC1. The summed E-state index contributed by atoms with van der Waals surface area (Å²) in [6, 6.07) is 9.31. The number of aryl methyl sites for hydroxylation is 2. The van der Waals surface area contributed by atoms with E-state index in [4.69, 9.17) is 0 Å². The number of para-hydroxylation sites is 2. The Morgan fingerprint density at radius 2 is 1.14 bits per heavy atom. The minimum Gasteiger partial charge on any atom is -0.325 e. The Bertz CT molecular complexity index is 776. The van der Waals surface area contributed by atoms with E-state index in [1.807, 2.05) is 32.0 Å². The molecule has 1 aliphatic rings. The van der Waals surface area contributed by atoms with Crippen LogP contribution in [0.3, 0.4) is 0 Å². The van der Waals surface area contributed by atoms with E-state index in [9.17, 15) is 18.4 Å². The fraction of sp³-hybridized carbons (Fsp3) is 0.364. The molecule has 0 spiro atoms. The third-order valence-corrected chi connectivity index (χ3v) is 5.41. The quantitative estimate of drug-likeness (QED) is 0.780. The van der Waals surface area contributed by atoms with Gasteiger partial charge in [-0.3, -0.25) is 9.59 Å². The van der Waals surface area contributed by atoms with Gasteiger partial charge in [-0.1, -0.05) is 24.3 Å². The zero-order valence-corrected chi connectivity index (χ0v) is 16.0. The number of nitrogens with one attached hydrogen (secondary N) is 2. The maximum atomic E-state index is 13.7. The molecular formula is C22H24F2N2O2. The molecule has 2 amide bonds. The van der Waals surface area contributed by atoms with Gasteiger partial charge in [0.25, 0.3) is 0 Å². The van der Waals surface area contributed by atoms with E-state index < -0.39 is 23.2 Å². The molecule has 1 saturated carbocycles. The fourth-order valence-electron chi connectivity index (χ4n) is 3.70. The lowest BCUT2D eigenvalue weighted by Gasteiger charge is -2.27. The highest BCUT2D eigenvalue weighted by molar-refractivity contribution is 5.95. The highest BCUT2D eigenvalue weighted by Gasteiger charge is 2.31. The molecule has 28 heavy (non-hydrogen) atoms. The number of hydrogen-bond acceptors (Lipinski definition) is 2. The molecule has 0 radical (unpaired) electrons. The van der Waals surface area contributed by atoms with Crippen LogP contribution in [0.4, 0.5) is 20.2 Å². The predicted molar refractivity (Wildman–Crippen MR) is 105 cm³/mol. The first kappa shape index (κ1) is 20.0. The van der Waals surface area contributed by atoms with Gasteiger partial charge >= 0.3 is 0 Å². The molecule has 0 atom stereocenters. The minimum atomic E-state index is -0.796. The summed E-state index contributed by atoms with van der Waals surface area (Å²) >= 11 is 0. The van der Waals surface area contributed by atoms with Gasteiger partial charge in [0.05, 0.1) is 0 Å². The molecule has 2 aromatic carbocycles. The van der Waals surface area contributed by atoms with Crippen molar-refractivity contribution in [3.05, 3.63) is 59.2 Å². The van der Waals surface area contributed by atoms with Crippen LogP contribution in [-0.4, -0.2) is 11.8 Å². The molecule has 0 heterocycles. The smallest absolute Gasteiger partial charge is 0.227 e. The summed E-state index contributed by atoms with van der Waals surface area (Å²) in [6.07, 6.45) is 2.14. The van der Waals surface area contributed by atoms with Crippen LogP contribution in [0.2, 0.25) is 0 Å². The van der Waals surface area contributed by atoms with Crippen molar-refractivity contribution < 1.29 is 18.4 Å². The first-order chi connectivity index (χ1) is 13.4. The second kappa shape index (κ2) is 8.50. The molecular weight excluding hydrogens is 362 g/mol. The Kier molecular flexibility index (Phi) is 6.07. The van der Waals surface area contributed by atoms with E-state index in [1.54, 1.807) is 0 Å². The van der Waals surface area contributed by atoms with Crippen molar-refractivity contribution in [2.75, 3.05) is 10.6 Å². The van der Waals surface area contributed by atoms with Gasteiger partial charge in [-0.05, 0) is 62.8 Å². The van der Waals surface area contributed by atoms with Crippen molar-refractivity contribution in [1.29, 1.82) is 0 Å². The Labute approximate surface area is 163 Å². The van der Waals surface area contributed by atoms with Crippen LogP contribution in [-0.2, 0) is 9.59 Å². The molecule has 0 aliphatic heterocycles. The van der Waals surface area contributed by atoms with Crippen molar-refractivity contribution >= 4 is 23.2 Å². The van der Waals surface area contributed by atoms with Crippen LogP contribution in [0, 0.1) is 37.3 Å². The van der Waals surface area contributed by atoms with Gasteiger partial charge in [0.1, 0.15) is 17.3 Å². The summed E-state index contributed by atoms with van der Waals surface area (Å²) < 4.78 is 27.4. The molecule has 2 N–H and O–H groups in total. The van der Waals surface area contributed by atoms with Crippen LogP contribution in [0.25, 0.3) is 0 Å². The van der Waals surface area contributed by atoms with E-state index >= 15 is 0 Å². The topological polar surface area (TPSA) is 58.2 Å². The van der Waals surface area contributed by atoms with E-state index in [0.29, 0.717) is 25.7 Å². The second-order valence-electron chi connectivity index (χ2n) is 7.39. The summed E-state index contributed by atoms with van der Waals surface area (Å²) in [6.45, 7) is 3.90. The second-order valence-corrected chi connectivity index (χ2v) is 7.39. The minimum absolute atomic E-state index is 0.0450. The zero-order valence-electron chi connectivity index (χ0n) is 16.0. The summed E-state index contributed by atoms with van der Waals surface area (Å²) in [5.41, 5.74) is 2.44. The van der Waals surface area contributed by atoms with Crippen LogP contribution < -0.4 is 10.6 Å². The molecule has 0 bridgehead atoms. The lowest BCUT2D eigenvalue weighted by molar-refractivity contribution is -0.125. The summed E-state index contributed by atoms with van der Waals surface area (Å²) in [5, 5.41) is 5.37. The molecule has 0 unspecified atom stereocenters. The largest absolute Gasteiger partial charge is 0.325 e. The van der Waals surface area contributed by atoms with Gasteiger partial charge in [0, 0.05) is 17.5 Å². The summed E-state index contributed by atoms with van der Waals surface area (Å²) in [4.78, 5) is 25.0. The van der Waals surface area contributed by atoms with Crippen LogP contribution >= 0.6 is 0 Å². The monoisotopic (exact) mass is 386 g/mol. The molecule has 1 aliphatic carbocycles. The van der Waals surface area contributed by atoms with Gasteiger partial charge in [0.15, 0.2) is 0 Å². The third kappa shape index (κ3) is 4.38. The number of amides is 2. The number of rotatable bonds is 4. The van der Waals surface area contributed by atoms with Gasteiger partial charge in [-0.25, -0.2) is 8.78 Å². The molecule has 3 rings (SSSR count). The van der Waals surface area contributed by atoms with E-state index in [-0.39, 0.29) is 17.7 Å². The van der Waals surface area contributed by atoms with Crippen molar-refractivity contribution in [3.8, 4) is 0 Å². The fourth-order valence-corrected chi connectivity index (χ4v) is 3.70. The Balaban J connectivity index is 1.57. The number of anilines is 2. The van der Waals surface area contributed by atoms with E-state index in [1.165, 1.54) is 6.07 Å². The van der Waals surface area contributed by atoms with Gasteiger partial charge in [-0.15, -0.1) is 0 Å². The standard InChI is InChI=1S/C22H24F2N2O2/c1-13-5-3-6-14(2)19(13)25-21(27)15-9-11-16(12-10-15)22(28)26-20-17(23)7-4-8-18(20)24/h3-8,15-16H,9-12H2,1-2H3,(H,25,27)(H,26,28). The van der Waals surface area contributed by atoms with Gasteiger partial charge in [-0.2, -0.15) is 0 Å². The van der Waals surface area contributed by atoms with Crippen LogP contribution in [0.1, 0.15) is 36.8 Å².